The maximum Gasteiger partial charge on any atom is 0.314 e. The smallest absolute Gasteiger partial charge is 0.314 e. The topological polar surface area (TPSA) is 58.2 Å². The van der Waals surface area contributed by atoms with Crippen molar-refractivity contribution in [2.45, 2.75) is 13.8 Å². The number of aryl methyl sites for hydroxylation is 1. The number of amides is 2. The molecule has 2 rings (SSSR count). The molecule has 2 aromatic carbocycles. The summed E-state index contributed by atoms with van der Waals surface area (Å²) in [5.41, 5.74) is 1.87. The van der Waals surface area contributed by atoms with Crippen LogP contribution in [0.15, 0.2) is 36.4 Å². The Balaban J connectivity index is 2.11. The Morgan fingerprint density at radius 3 is 2.23 bits per heavy atom. The van der Waals surface area contributed by atoms with Gasteiger partial charge in [0.25, 0.3) is 0 Å². The molecule has 6 heteroatoms. The molecular weight excluding hydrogens is 290 g/mol. The quantitative estimate of drug-likeness (QED) is 0.837. The fourth-order valence-corrected chi connectivity index (χ4v) is 1.84. The third-order valence-corrected chi connectivity index (χ3v) is 3.24. The standard InChI is InChI=1S/C16H14F2N2O2/c1-9-4-3-5-13(10(9)2)19-15(21)16(22)20-14-8-11(17)6-7-12(14)18/h3-8H,1-2H3,(H,19,21)(H,20,22). The van der Waals surface area contributed by atoms with E-state index in [2.05, 4.69) is 5.32 Å². The summed E-state index contributed by atoms with van der Waals surface area (Å²) in [6.45, 7) is 3.67. The Kier molecular flexibility index (Phi) is 4.50. The lowest BCUT2D eigenvalue weighted by atomic mass is 10.1. The molecule has 0 saturated heterocycles. The third-order valence-electron chi connectivity index (χ3n) is 3.24. The van der Waals surface area contributed by atoms with Crippen LogP contribution in [-0.2, 0) is 9.59 Å². The predicted octanol–water partition coefficient (Wildman–Crippen LogP) is 3.16. The number of carbonyl (C=O) groups is 2. The summed E-state index contributed by atoms with van der Waals surface area (Å²) in [7, 11) is 0. The molecule has 114 valence electrons. The Hall–Kier alpha value is -2.76. The van der Waals surface area contributed by atoms with Gasteiger partial charge in [0.05, 0.1) is 5.69 Å². The number of hydrogen-bond acceptors (Lipinski definition) is 2. The first-order valence-electron chi connectivity index (χ1n) is 6.52. The molecule has 0 aromatic heterocycles. The summed E-state index contributed by atoms with van der Waals surface area (Å²) in [5.74, 6) is -3.58. The average molecular weight is 304 g/mol. The van der Waals surface area contributed by atoms with Gasteiger partial charge >= 0.3 is 11.8 Å². The third kappa shape index (κ3) is 3.46. The van der Waals surface area contributed by atoms with E-state index in [4.69, 9.17) is 0 Å². The van der Waals surface area contributed by atoms with Crippen molar-refractivity contribution >= 4 is 23.2 Å². The summed E-state index contributed by atoms with van der Waals surface area (Å²) >= 11 is 0. The van der Waals surface area contributed by atoms with Gasteiger partial charge in [-0.05, 0) is 43.2 Å². The van der Waals surface area contributed by atoms with Crippen LogP contribution in [0.3, 0.4) is 0 Å². The second kappa shape index (κ2) is 6.34. The van der Waals surface area contributed by atoms with Crippen LogP contribution in [0.25, 0.3) is 0 Å². The van der Waals surface area contributed by atoms with Crippen molar-refractivity contribution in [3.63, 3.8) is 0 Å². The van der Waals surface area contributed by atoms with Crippen molar-refractivity contribution in [3.8, 4) is 0 Å². The Bertz CT molecular complexity index is 731. The maximum atomic E-state index is 13.4. The minimum absolute atomic E-state index is 0.388. The van der Waals surface area contributed by atoms with Gasteiger partial charge in [-0.15, -0.1) is 0 Å². The summed E-state index contributed by atoms with van der Waals surface area (Å²) in [5, 5.41) is 4.48. The molecule has 4 nitrogen and oxygen atoms in total. The minimum Gasteiger partial charge on any atom is -0.318 e. The molecule has 0 heterocycles. The first kappa shape index (κ1) is 15.6. The number of benzene rings is 2. The molecule has 2 amide bonds. The highest BCUT2D eigenvalue weighted by molar-refractivity contribution is 6.43. The second-order valence-corrected chi connectivity index (χ2v) is 4.78. The lowest BCUT2D eigenvalue weighted by Gasteiger charge is -2.10. The summed E-state index contributed by atoms with van der Waals surface area (Å²) in [4.78, 5) is 23.6. The van der Waals surface area contributed by atoms with E-state index >= 15 is 0 Å². The Labute approximate surface area is 126 Å². The second-order valence-electron chi connectivity index (χ2n) is 4.78. The number of halogens is 2. The highest BCUT2D eigenvalue weighted by atomic mass is 19.1. The molecular formula is C16H14F2N2O2. The Morgan fingerprint density at radius 2 is 1.55 bits per heavy atom. The first-order chi connectivity index (χ1) is 10.4. The zero-order valence-electron chi connectivity index (χ0n) is 12.0. The molecule has 0 spiro atoms. The van der Waals surface area contributed by atoms with Crippen molar-refractivity contribution in [2.75, 3.05) is 10.6 Å². The van der Waals surface area contributed by atoms with Crippen molar-refractivity contribution in [1.29, 1.82) is 0 Å². The van der Waals surface area contributed by atoms with Crippen molar-refractivity contribution in [3.05, 3.63) is 59.2 Å². The van der Waals surface area contributed by atoms with Crippen LogP contribution in [0.4, 0.5) is 20.2 Å². The van der Waals surface area contributed by atoms with Crippen LogP contribution >= 0.6 is 0 Å². The summed E-state index contributed by atoms with van der Waals surface area (Å²) in [6, 6.07) is 7.85. The van der Waals surface area contributed by atoms with Gasteiger partial charge in [-0.25, -0.2) is 8.78 Å². The molecule has 0 saturated carbocycles. The van der Waals surface area contributed by atoms with Crippen LogP contribution in [0, 0.1) is 25.5 Å². The van der Waals surface area contributed by atoms with Gasteiger partial charge in [0.15, 0.2) is 0 Å². The number of anilines is 2. The van der Waals surface area contributed by atoms with E-state index < -0.39 is 23.4 Å². The zero-order chi connectivity index (χ0) is 16.3. The van der Waals surface area contributed by atoms with E-state index in [1.165, 1.54) is 0 Å². The molecule has 22 heavy (non-hydrogen) atoms. The fourth-order valence-electron chi connectivity index (χ4n) is 1.84. The monoisotopic (exact) mass is 304 g/mol. The largest absolute Gasteiger partial charge is 0.318 e. The molecule has 0 aliphatic carbocycles. The molecule has 0 bridgehead atoms. The number of rotatable bonds is 2. The van der Waals surface area contributed by atoms with E-state index in [1.54, 1.807) is 19.1 Å². The van der Waals surface area contributed by atoms with Crippen LogP contribution in [0.5, 0.6) is 0 Å². The Morgan fingerprint density at radius 1 is 0.909 bits per heavy atom. The van der Waals surface area contributed by atoms with Crippen LogP contribution in [0.2, 0.25) is 0 Å². The fraction of sp³-hybridized carbons (Fsp3) is 0.125. The lowest BCUT2D eigenvalue weighted by Crippen LogP contribution is -2.29. The minimum atomic E-state index is -1.08. The number of nitrogens with one attached hydrogen (secondary N) is 2. The number of carbonyl (C=O) groups excluding carboxylic acids is 2. The normalized spacial score (nSPS) is 10.2. The van der Waals surface area contributed by atoms with E-state index in [0.717, 1.165) is 29.3 Å². The average Bonchev–Trinajstić information content (AvgIpc) is 2.47. The maximum absolute atomic E-state index is 13.4. The molecule has 0 unspecified atom stereocenters. The van der Waals surface area contributed by atoms with Gasteiger partial charge in [0, 0.05) is 11.8 Å². The lowest BCUT2D eigenvalue weighted by molar-refractivity contribution is -0.133. The molecule has 0 aliphatic rings. The van der Waals surface area contributed by atoms with E-state index in [0.29, 0.717) is 5.69 Å². The molecule has 2 aromatic rings. The zero-order valence-corrected chi connectivity index (χ0v) is 12.0. The van der Waals surface area contributed by atoms with Gasteiger partial charge < -0.3 is 10.6 Å². The SMILES string of the molecule is Cc1cccc(NC(=O)C(=O)Nc2cc(F)ccc2F)c1C. The van der Waals surface area contributed by atoms with Gasteiger partial charge in [-0.1, -0.05) is 12.1 Å². The van der Waals surface area contributed by atoms with Crippen molar-refractivity contribution in [2.24, 2.45) is 0 Å². The molecule has 0 radical (unpaired) electrons. The van der Waals surface area contributed by atoms with Gasteiger partial charge in [0.1, 0.15) is 11.6 Å². The van der Waals surface area contributed by atoms with Crippen LogP contribution < -0.4 is 10.6 Å². The van der Waals surface area contributed by atoms with Gasteiger partial charge in [0.2, 0.25) is 0 Å². The summed E-state index contributed by atoms with van der Waals surface area (Å²) in [6.07, 6.45) is 0. The predicted molar refractivity (Wildman–Crippen MR) is 79.5 cm³/mol. The highest BCUT2D eigenvalue weighted by Gasteiger charge is 2.17. The first-order valence-corrected chi connectivity index (χ1v) is 6.52. The molecule has 0 fully saturated rings. The van der Waals surface area contributed by atoms with Crippen LogP contribution in [0.1, 0.15) is 11.1 Å². The summed E-state index contributed by atoms with van der Waals surface area (Å²) < 4.78 is 26.4. The van der Waals surface area contributed by atoms with Gasteiger partial charge in [-0.3, -0.25) is 9.59 Å². The molecule has 0 atom stereocenters. The van der Waals surface area contributed by atoms with Gasteiger partial charge in [-0.2, -0.15) is 0 Å². The van der Waals surface area contributed by atoms with E-state index in [9.17, 15) is 18.4 Å². The van der Waals surface area contributed by atoms with E-state index in [1.807, 2.05) is 18.3 Å². The highest BCUT2D eigenvalue weighted by Crippen LogP contribution is 2.18. The van der Waals surface area contributed by atoms with Crippen LogP contribution in [-0.4, -0.2) is 11.8 Å². The van der Waals surface area contributed by atoms with E-state index in [-0.39, 0.29) is 5.69 Å². The molecule has 2 N–H and O–H groups in total. The molecule has 0 aliphatic heterocycles. The van der Waals surface area contributed by atoms with Crippen molar-refractivity contribution < 1.29 is 18.4 Å². The number of hydrogen-bond donors (Lipinski definition) is 2. The van der Waals surface area contributed by atoms with Crippen molar-refractivity contribution in [1.82, 2.24) is 0 Å².